The van der Waals surface area contributed by atoms with Crippen LogP contribution in [0.4, 0.5) is 5.82 Å². The molecule has 2 aliphatic rings. The minimum atomic E-state index is -1.32. The zero-order chi connectivity index (χ0) is 26.4. The van der Waals surface area contributed by atoms with Crippen LogP contribution in [0.2, 0.25) is 0 Å². The minimum absolute atomic E-state index is 0.0373. The number of aliphatic hydroxyl groups is 1. The molecule has 15 nitrogen and oxygen atoms in total. The summed E-state index contributed by atoms with van der Waals surface area (Å²) >= 11 is 0. The van der Waals surface area contributed by atoms with Gasteiger partial charge in [-0.15, -0.1) is 0 Å². The van der Waals surface area contributed by atoms with E-state index in [0.717, 1.165) is 16.7 Å². The summed E-state index contributed by atoms with van der Waals surface area (Å²) in [5.74, 6) is -3.68. The maximum absolute atomic E-state index is 12.7. The number of aromatic nitrogens is 2. The molecule has 1 saturated heterocycles. The van der Waals surface area contributed by atoms with Crippen LogP contribution >= 0.6 is 0 Å². The predicted molar refractivity (Wildman–Crippen MR) is 116 cm³/mol. The summed E-state index contributed by atoms with van der Waals surface area (Å²) < 4.78 is 22.6. The van der Waals surface area contributed by atoms with Crippen LogP contribution in [0, 0.1) is 5.92 Å². The third kappa shape index (κ3) is 6.44. The third-order valence-electron chi connectivity index (χ3n) is 5.11. The Morgan fingerprint density at radius 3 is 2.44 bits per heavy atom. The van der Waals surface area contributed by atoms with Crippen molar-refractivity contribution < 1.29 is 48.1 Å². The van der Waals surface area contributed by atoms with E-state index in [1.54, 1.807) is 13.8 Å². The molecular formula is C21H26N4O11. The summed E-state index contributed by atoms with van der Waals surface area (Å²) in [6.45, 7) is 2.45. The Morgan fingerprint density at radius 2 is 1.83 bits per heavy atom. The smallest absolute Gasteiger partial charge is 0.351 e. The topological polar surface area (TPSA) is 208 Å². The molecule has 0 bridgehead atoms. The Bertz CT molecular complexity index is 1090. The standard InChI is InChI=1S/C21H26N4O11/c1-10(2)19(29)36-24-13-5-7-25(21(31)23-13)18-17-16(34-14(27)3-4-15(28)35-17)12(33-18)9-32-20(30)11(22)6-8-26/h3-5,7,10-12,16-18,26H,6,8-9,22H2,1-2H3,(H,23,24,31)/b4-3-/t11-,12-,16-,17-,18-/m1/s1. The summed E-state index contributed by atoms with van der Waals surface area (Å²) in [5.41, 5.74) is 7.00. The number of carbonyl (C=O) groups excluding carboxylic acids is 4. The summed E-state index contributed by atoms with van der Waals surface area (Å²) in [6.07, 6.45) is -2.12. The summed E-state index contributed by atoms with van der Waals surface area (Å²) in [4.78, 5) is 69.2. The van der Waals surface area contributed by atoms with Gasteiger partial charge in [0.1, 0.15) is 18.8 Å². The van der Waals surface area contributed by atoms with Crippen molar-refractivity contribution in [2.24, 2.45) is 11.7 Å². The molecule has 3 heterocycles. The average molecular weight is 510 g/mol. The number of fused-ring (bicyclic) bond motifs is 1. The summed E-state index contributed by atoms with van der Waals surface area (Å²) in [6, 6.07) is 0.200. The monoisotopic (exact) mass is 510 g/mol. The van der Waals surface area contributed by atoms with Crippen LogP contribution in [0.3, 0.4) is 0 Å². The molecule has 1 fully saturated rings. The molecule has 0 aromatic carbocycles. The molecule has 5 atom stereocenters. The van der Waals surface area contributed by atoms with E-state index < -0.39 is 72.7 Å². The number of carbonyl (C=O) groups is 4. The molecule has 1 aromatic rings. The lowest BCUT2D eigenvalue weighted by atomic mass is 10.1. The number of ether oxygens (including phenoxy) is 4. The van der Waals surface area contributed by atoms with E-state index in [9.17, 15) is 24.0 Å². The predicted octanol–water partition coefficient (Wildman–Crippen LogP) is -1.69. The van der Waals surface area contributed by atoms with Gasteiger partial charge in [0.15, 0.2) is 24.3 Å². The molecule has 15 heteroatoms. The van der Waals surface area contributed by atoms with Crippen LogP contribution < -0.4 is 16.9 Å². The highest BCUT2D eigenvalue weighted by atomic mass is 16.7. The zero-order valence-electron chi connectivity index (χ0n) is 19.4. The van der Waals surface area contributed by atoms with Crippen LogP contribution in [0.5, 0.6) is 0 Å². The van der Waals surface area contributed by atoms with Gasteiger partial charge in [-0.1, -0.05) is 13.8 Å². The average Bonchev–Trinajstić information content (AvgIpc) is 3.14. The fourth-order valence-corrected chi connectivity index (χ4v) is 3.23. The van der Waals surface area contributed by atoms with Crippen molar-refractivity contribution in [1.29, 1.82) is 0 Å². The second-order valence-corrected chi connectivity index (χ2v) is 8.13. The number of nitrogens with one attached hydrogen (secondary N) is 1. The number of anilines is 1. The summed E-state index contributed by atoms with van der Waals surface area (Å²) in [7, 11) is 0. The van der Waals surface area contributed by atoms with Crippen molar-refractivity contribution in [2.75, 3.05) is 18.7 Å². The number of aliphatic hydroxyl groups excluding tert-OH is 1. The van der Waals surface area contributed by atoms with E-state index >= 15 is 0 Å². The summed E-state index contributed by atoms with van der Waals surface area (Å²) in [5, 5.41) is 8.93. The van der Waals surface area contributed by atoms with Crippen molar-refractivity contribution in [3.05, 3.63) is 34.9 Å². The van der Waals surface area contributed by atoms with Crippen LogP contribution in [0.15, 0.2) is 29.2 Å². The van der Waals surface area contributed by atoms with Gasteiger partial charge >= 0.3 is 29.6 Å². The van der Waals surface area contributed by atoms with Gasteiger partial charge in [-0.05, 0) is 6.42 Å². The molecule has 0 saturated carbocycles. The Balaban J connectivity index is 1.83. The molecule has 36 heavy (non-hydrogen) atoms. The van der Waals surface area contributed by atoms with E-state index in [-0.39, 0.29) is 18.8 Å². The zero-order valence-corrected chi connectivity index (χ0v) is 19.4. The van der Waals surface area contributed by atoms with E-state index in [2.05, 4.69) is 10.5 Å². The van der Waals surface area contributed by atoms with E-state index in [4.69, 9.17) is 34.6 Å². The molecule has 196 valence electrons. The third-order valence-corrected chi connectivity index (χ3v) is 5.11. The van der Waals surface area contributed by atoms with Gasteiger partial charge in [-0.3, -0.25) is 9.36 Å². The molecule has 0 radical (unpaired) electrons. The lowest BCUT2D eigenvalue weighted by Crippen LogP contribution is -2.43. The molecule has 1 aromatic heterocycles. The lowest BCUT2D eigenvalue weighted by Gasteiger charge is -2.25. The molecule has 2 aliphatic heterocycles. The molecule has 0 amide bonds. The normalized spacial score (nSPS) is 25.0. The largest absolute Gasteiger partial charge is 0.462 e. The number of esters is 3. The van der Waals surface area contributed by atoms with Crippen molar-refractivity contribution in [2.45, 2.75) is 50.8 Å². The van der Waals surface area contributed by atoms with E-state index in [1.165, 1.54) is 12.3 Å². The number of rotatable bonds is 9. The minimum Gasteiger partial charge on any atom is -0.462 e. The second-order valence-electron chi connectivity index (χ2n) is 8.13. The van der Waals surface area contributed by atoms with Crippen LogP contribution in [0.1, 0.15) is 26.5 Å². The van der Waals surface area contributed by atoms with Gasteiger partial charge in [0, 0.05) is 31.0 Å². The molecule has 4 N–H and O–H groups in total. The van der Waals surface area contributed by atoms with Crippen molar-refractivity contribution in [3.63, 3.8) is 0 Å². The quantitative estimate of drug-likeness (QED) is 0.192. The van der Waals surface area contributed by atoms with Crippen molar-refractivity contribution in [1.82, 2.24) is 9.55 Å². The highest BCUT2D eigenvalue weighted by Gasteiger charge is 2.51. The Morgan fingerprint density at radius 1 is 1.17 bits per heavy atom. The molecule has 0 aliphatic carbocycles. The number of hydrogen-bond acceptors (Lipinski definition) is 14. The number of hydrogen-bond donors (Lipinski definition) is 3. The van der Waals surface area contributed by atoms with Gasteiger partial charge in [0.25, 0.3) is 0 Å². The first-order chi connectivity index (χ1) is 17.1. The van der Waals surface area contributed by atoms with E-state index in [1.807, 2.05) is 0 Å². The lowest BCUT2D eigenvalue weighted by molar-refractivity contribution is -0.165. The first-order valence-corrected chi connectivity index (χ1v) is 10.9. The van der Waals surface area contributed by atoms with Crippen molar-refractivity contribution in [3.8, 4) is 0 Å². The fraction of sp³-hybridized carbons (Fsp3) is 0.524. The first kappa shape index (κ1) is 26.8. The Kier molecular flexibility index (Phi) is 8.73. The van der Waals surface area contributed by atoms with Gasteiger partial charge in [-0.2, -0.15) is 4.98 Å². The highest BCUT2D eigenvalue weighted by molar-refractivity contribution is 5.92. The first-order valence-electron chi connectivity index (χ1n) is 10.9. The van der Waals surface area contributed by atoms with Gasteiger partial charge < -0.3 is 34.6 Å². The van der Waals surface area contributed by atoms with Crippen molar-refractivity contribution >= 4 is 29.7 Å². The fourth-order valence-electron chi connectivity index (χ4n) is 3.23. The Labute approximate surface area is 204 Å². The van der Waals surface area contributed by atoms with Gasteiger partial charge in [0.05, 0.1) is 5.92 Å². The van der Waals surface area contributed by atoms with Crippen LogP contribution in [-0.2, 0) is 43.0 Å². The molecule has 0 spiro atoms. The van der Waals surface area contributed by atoms with Gasteiger partial charge in [0.2, 0.25) is 0 Å². The second kappa shape index (κ2) is 11.7. The maximum atomic E-state index is 12.7. The Hall–Kier alpha value is -3.82. The maximum Gasteiger partial charge on any atom is 0.351 e. The molecule has 0 unspecified atom stereocenters. The molecular weight excluding hydrogens is 484 g/mol. The number of nitrogens with zero attached hydrogens (tertiary/aromatic N) is 2. The number of nitrogens with two attached hydrogens (primary N) is 1. The highest BCUT2D eigenvalue weighted by Crippen LogP contribution is 2.34. The van der Waals surface area contributed by atoms with Crippen LogP contribution in [0.25, 0.3) is 0 Å². The SMILES string of the molecule is CC(C)C(=O)ONc1ccn([C@@H]2O[C@H](COC(=O)[C@H](N)CCO)[C@H]3OC(=O)/C=C\C(=O)O[C@H]32)c(=O)n1. The van der Waals surface area contributed by atoms with Crippen LogP contribution in [-0.4, -0.2) is 76.1 Å². The van der Waals surface area contributed by atoms with E-state index in [0.29, 0.717) is 0 Å². The van der Waals surface area contributed by atoms with Gasteiger partial charge in [-0.25, -0.2) is 24.7 Å². The molecule has 3 rings (SSSR count).